The lowest BCUT2D eigenvalue weighted by Gasteiger charge is -2.28. The summed E-state index contributed by atoms with van der Waals surface area (Å²) in [6.45, 7) is 5.24. The molecule has 1 aliphatic rings. The van der Waals surface area contributed by atoms with Gasteiger partial charge in [0, 0.05) is 19.2 Å². The van der Waals surface area contributed by atoms with Gasteiger partial charge in [0.05, 0.1) is 11.6 Å². The number of aromatic amines is 1. The topological polar surface area (TPSA) is 111 Å². The van der Waals surface area contributed by atoms with E-state index in [0.29, 0.717) is 11.1 Å². The van der Waals surface area contributed by atoms with Crippen LogP contribution < -0.4 is 11.2 Å². The zero-order valence-corrected chi connectivity index (χ0v) is 29.0. The zero-order valence-electron chi connectivity index (χ0n) is 29.0. The molecule has 2 heterocycles. The number of nitrogens with zero attached hydrogens (tertiary/aromatic N) is 2. The lowest BCUT2D eigenvalue weighted by Crippen LogP contribution is -2.44. The summed E-state index contributed by atoms with van der Waals surface area (Å²) in [6.07, 6.45) is 0.192. The van der Waals surface area contributed by atoms with E-state index in [1.54, 1.807) is 27.0 Å². The molecule has 260 valence electrons. The average Bonchev–Trinajstić information content (AvgIpc) is 3.59. The predicted octanol–water partition coefficient (Wildman–Crippen LogP) is 7.98. The van der Waals surface area contributed by atoms with Crippen LogP contribution in [0.25, 0.3) is 43.4 Å². The maximum absolute atomic E-state index is 14.2. The van der Waals surface area contributed by atoms with E-state index in [4.69, 9.17) is 9.47 Å². The second-order valence-electron chi connectivity index (χ2n) is 14.4. The van der Waals surface area contributed by atoms with Crippen LogP contribution in [0.2, 0.25) is 0 Å². The molecule has 0 bridgehead atoms. The lowest BCUT2D eigenvalue weighted by atomic mass is 9.90. The van der Waals surface area contributed by atoms with E-state index in [9.17, 15) is 19.2 Å². The van der Waals surface area contributed by atoms with Crippen LogP contribution in [0.3, 0.4) is 0 Å². The summed E-state index contributed by atoms with van der Waals surface area (Å²) in [7, 11) is 0. The van der Waals surface area contributed by atoms with E-state index in [0.717, 1.165) is 43.4 Å². The summed E-state index contributed by atoms with van der Waals surface area (Å²) in [4.78, 5) is 58.8. The zero-order chi connectivity index (χ0) is 36.1. The van der Waals surface area contributed by atoms with E-state index in [-0.39, 0.29) is 13.0 Å². The first-order valence-electron chi connectivity index (χ1n) is 17.4. The molecule has 0 saturated carbocycles. The Morgan fingerprint density at radius 2 is 1.33 bits per heavy atom. The Hall–Kier alpha value is -6.22. The maximum atomic E-state index is 14.2. The summed E-state index contributed by atoms with van der Waals surface area (Å²) in [5.41, 5.74) is 0.527. The van der Waals surface area contributed by atoms with Crippen molar-refractivity contribution in [3.63, 3.8) is 0 Å². The number of hydrogen-bond donors (Lipinski definition) is 1. The maximum Gasteiger partial charge on any atom is 0.411 e. The normalized spacial score (nSPS) is 16.3. The van der Waals surface area contributed by atoms with Crippen LogP contribution in [0.15, 0.2) is 131 Å². The van der Waals surface area contributed by atoms with E-state index >= 15 is 0 Å². The van der Waals surface area contributed by atoms with Crippen molar-refractivity contribution in [2.45, 2.75) is 51.0 Å². The molecule has 1 N–H and O–H groups in total. The summed E-state index contributed by atoms with van der Waals surface area (Å²) in [6, 6.07) is 35.3. The molecular formula is C43H37N3O6. The number of benzene rings is 6. The molecule has 9 heteroatoms. The average molecular weight is 692 g/mol. The van der Waals surface area contributed by atoms with Gasteiger partial charge in [-0.3, -0.25) is 19.2 Å². The van der Waals surface area contributed by atoms with Crippen molar-refractivity contribution in [3.05, 3.63) is 153 Å². The van der Waals surface area contributed by atoms with Crippen LogP contribution in [-0.4, -0.2) is 44.7 Å². The van der Waals surface area contributed by atoms with Crippen molar-refractivity contribution < 1.29 is 19.1 Å². The van der Waals surface area contributed by atoms with Gasteiger partial charge in [-0.25, -0.2) is 14.4 Å². The number of nitrogens with one attached hydrogen (secondary N) is 1. The fourth-order valence-electron chi connectivity index (χ4n) is 7.46. The Labute approximate surface area is 299 Å². The fourth-order valence-corrected chi connectivity index (χ4v) is 7.46. The quantitative estimate of drug-likeness (QED) is 0.140. The number of aromatic nitrogens is 2. The highest BCUT2D eigenvalue weighted by atomic mass is 16.6. The van der Waals surface area contributed by atoms with Crippen LogP contribution >= 0.6 is 0 Å². The van der Waals surface area contributed by atoms with Gasteiger partial charge in [0.25, 0.3) is 5.56 Å². The van der Waals surface area contributed by atoms with Crippen LogP contribution in [-0.2, 0) is 14.3 Å². The second-order valence-corrected chi connectivity index (χ2v) is 14.4. The van der Waals surface area contributed by atoms with Crippen LogP contribution in [0.4, 0.5) is 4.79 Å². The molecule has 8 rings (SSSR count). The molecule has 52 heavy (non-hydrogen) atoms. The SMILES string of the molecule is CC(C)(C)OC(=O)N1C[C@H](n2cc(-c3ccc4ccc5cccc6ccc3c4c56)c(=O)[nH]c2=O)C[C@@H]1C(=O)OC(c1ccccc1)c1ccccc1. The number of carbonyl (C=O) groups is 2. The monoisotopic (exact) mass is 691 g/mol. The molecule has 0 aliphatic carbocycles. The number of amides is 1. The van der Waals surface area contributed by atoms with Crippen molar-refractivity contribution in [1.82, 2.24) is 14.5 Å². The van der Waals surface area contributed by atoms with Gasteiger partial charge in [-0.2, -0.15) is 0 Å². The van der Waals surface area contributed by atoms with Gasteiger partial charge in [-0.15, -0.1) is 0 Å². The molecule has 6 aromatic carbocycles. The molecule has 1 amide bonds. The first-order chi connectivity index (χ1) is 25.1. The third kappa shape index (κ3) is 5.98. The highest BCUT2D eigenvalue weighted by Crippen LogP contribution is 2.39. The van der Waals surface area contributed by atoms with Crippen LogP contribution in [0, 0.1) is 0 Å². The van der Waals surface area contributed by atoms with Crippen LogP contribution in [0.5, 0.6) is 0 Å². The van der Waals surface area contributed by atoms with Crippen molar-refractivity contribution in [1.29, 1.82) is 0 Å². The fraction of sp³-hybridized carbons (Fsp3) is 0.209. The largest absolute Gasteiger partial charge is 0.451 e. The molecule has 0 spiro atoms. The molecule has 7 aromatic rings. The van der Waals surface area contributed by atoms with Gasteiger partial charge in [0.1, 0.15) is 11.6 Å². The van der Waals surface area contributed by atoms with Crippen molar-refractivity contribution in [2.24, 2.45) is 0 Å². The Morgan fingerprint density at radius 1 is 0.731 bits per heavy atom. The van der Waals surface area contributed by atoms with Gasteiger partial charge in [-0.1, -0.05) is 115 Å². The molecule has 0 unspecified atom stereocenters. The van der Waals surface area contributed by atoms with Crippen LogP contribution in [0.1, 0.15) is 50.5 Å². The third-order valence-corrected chi connectivity index (χ3v) is 9.80. The number of H-pyrrole nitrogens is 1. The highest BCUT2D eigenvalue weighted by Gasteiger charge is 2.44. The van der Waals surface area contributed by atoms with Crippen molar-refractivity contribution in [3.8, 4) is 11.1 Å². The number of likely N-dealkylation sites (tertiary alicyclic amines) is 1. The first-order valence-corrected chi connectivity index (χ1v) is 17.4. The standard InChI is InChI=1S/C43H37N3O6/c1-43(2,3)52-42(50)46-24-31(23-35(46)40(48)51-38(29-11-6-4-7-12-29)30-13-8-5-9-14-30)45-25-34(39(47)44-41(45)49)32-21-19-28-18-17-26-15-10-16-27-20-22-33(32)37(28)36(26)27/h4-22,25,31,35,38H,23-24H2,1-3H3,(H,44,47,49)/t31-,35-/m1/s1. The minimum atomic E-state index is -1.06. The second kappa shape index (κ2) is 12.8. The first kappa shape index (κ1) is 33.0. The van der Waals surface area contributed by atoms with Crippen molar-refractivity contribution >= 4 is 44.4 Å². The molecule has 1 fully saturated rings. The van der Waals surface area contributed by atoms with E-state index in [1.807, 2.05) is 91.0 Å². The number of hydrogen-bond acceptors (Lipinski definition) is 6. The number of carbonyl (C=O) groups excluding carboxylic acids is 2. The van der Waals surface area contributed by atoms with Gasteiger partial charge in [0.15, 0.2) is 6.10 Å². The summed E-state index contributed by atoms with van der Waals surface area (Å²) >= 11 is 0. The molecule has 1 aliphatic heterocycles. The summed E-state index contributed by atoms with van der Waals surface area (Å²) in [5, 5.41) is 6.27. The molecule has 0 radical (unpaired) electrons. The molecule has 2 atom stereocenters. The number of ether oxygens (including phenoxy) is 2. The van der Waals surface area contributed by atoms with E-state index in [2.05, 4.69) is 29.2 Å². The van der Waals surface area contributed by atoms with Gasteiger partial charge in [-0.05, 0) is 69.8 Å². The van der Waals surface area contributed by atoms with Gasteiger partial charge in [0.2, 0.25) is 0 Å². The number of esters is 1. The Balaban J connectivity index is 1.18. The minimum absolute atomic E-state index is 0.0140. The van der Waals surface area contributed by atoms with Gasteiger partial charge >= 0.3 is 17.8 Å². The Morgan fingerprint density at radius 3 is 1.96 bits per heavy atom. The molecule has 1 saturated heterocycles. The summed E-state index contributed by atoms with van der Waals surface area (Å²) in [5.74, 6) is -0.629. The Kier molecular flexibility index (Phi) is 8.13. The highest BCUT2D eigenvalue weighted by molar-refractivity contribution is 6.25. The smallest absolute Gasteiger partial charge is 0.411 e. The van der Waals surface area contributed by atoms with E-state index in [1.165, 1.54) is 9.47 Å². The molecular weight excluding hydrogens is 654 g/mol. The Bertz CT molecular complexity index is 2520. The predicted molar refractivity (Wildman–Crippen MR) is 202 cm³/mol. The lowest BCUT2D eigenvalue weighted by molar-refractivity contribution is -0.152. The van der Waals surface area contributed by atoms with Gasteiger partial charge < -0.3 is 9.47 Å². The van der Waals surface area contributed by atoms with E-state index < -0.39 is 47.1 Å². The molecule has 9 nitrogen and oxygen atoms in total. The van der Waals surface area contributed by atoms with Crippen molar-refractivity contribution in [2.75, 3.05) is 6.54 Å². The number of rotatable bonds is 6. The third-order valence-electron chi connectivity index (χ3n) is 9.80. The minimum Gasteiger partial charge on any atom is -0.451 e. The molecule has 1 aromatic heterocycles. The summed E-state index contributed by atoms with van der Waals surface area (Å²) < 4.78 is 13.4.